The summed E-state index contributed by atoms with van der Waals surface area (Å²) in [5.41, 5.74) is 1.11. The van der Waals surface area contributed by atoms with Gasteiger partial charge in [0.05, 0.1) is 6.04 Å². The standard InChI is InChI=1S/C16H20N2O/c19-15(13-4-2-1-3-5-13)17-14-12-6-10-18(11-7-12)16(14)8-9-16/h1-5,12,14H,6-11H2,(H,17,19). The van der Waals surface area contributed by atoms with E-state index in [0.29, 0.717) is 17.5 Å². The Balaban J connectivity index is 1.55. The van der Waals surface area contributed by atoms with Gasteiger partial charge in [0.25, 0.3) is 5.91 Å². The molecule has 3 aliphatic heterocycles. The molecule has 3 saturated heterocycles. The van der Waals surface area contributed by atoms with Crippen molar-refractivity contribution in [3.8, 4) is 0 Å². The smallest absolute Gasteiger partial charge is 0.251 e. The summed E-state index contributed by atoms with van der Waals surface area (Å²) in [4.78, 5) is 15.0. The summed E-state index contributed by atoms with van der Waals surface area (Å²) in [6, 6.07) is 9.99. The average molecular weight is 256 g/mol. The number of fused-ring (bicyclic) bond motifs is 2. The molecule has 19 heavy (non-hydrogen) atoms. The summed E-state index contributed by atoms with van der Waals surface area (Å²) in [5.74, 6) is 0.797. The van der Waals surface area contributed by atoms with Crippen molar-refractivity contribution >= 4 is 5.91 Å². The Morgan fingerprint density at radius 3 is 2.47 bits per heavy atom. The van der Waals surface area contributed by atoms with E-state index < -0.39 is 0 Å². The van der Waals surface area contributed by atoms with Gasteiger partial charge in [-0.15, -0.1) is 0 Å². The maximum atomic E-state index is 12.4. The van der Waals surface area contributed by atoms with Crippen LogP contribution in [-0.4, -0.2) is 35.5 Å². The highest BCUT2D eigenvalue weighted by atomic mass is 16.1. The molecule has 100 valence electrons. The lowest BCUT2D eigenvalue weighted by Gasteiger charge is -2.52. The van der Waals surface area contributed by atoms with Crippen LogP contribution < -0.4 is 5.32 Å². The van der Waals surface area contributed by atoms with E-state index in [1.807, 2.05) is 30.3 Å². The third-order valence-corrected chi connectivity index (χ3v) is 5.30. The predicted molar refractivity (Wildman–Crippen MR) is 74.0 cm³/mol. The van der Waals surface area contributed by atoms with E-state index in [1.165, 1.54) is 38.8 Å². The van der Waals surface area contributed by atoms with E-state index in [4.69, 9.17) is 0 Å². The van der Waals surface area contributed by atoms with Crippen molar-refractivity contribution in [2.45, 2.75) is 37.3 Å². The lowest BCUT2D eigenvalue weighted by atomic mass is 9.77. The number of amides is 1. The molecule has 1 spiro atoms. The average Bonchev–Trinajstić information content (AvgIpc) is 3.25. The number of hydrogen-bond donors (Lipinski definition) is 1. The highest BCUT2D eigenvalue weighted by Crippen LogP contribution is 2.53. The van der Waals surface area contributed by atoms with E-state index in [9.17, 15) is 4.79 Å². The fourth-order valence-corrected chi connectivity index (χ4v) is 4.14. The summed E-state index contributed by atoms with van der Waals surface area (Å²) in [7, 11) is 0. The first-order chi connectivity index (χ1) is 9.29. The third-order valence-electron chi connectivity index (χ3n) is 5.30. The molecule has 1 aromatic rings. The largest absolute Gasteiger partial charge is 0.347 e. The summed E-state index contributed by atoms with van der Waals surface area (Å²) in [5, 5.41) is 3.34. The molecular weight excluding hydrogens is 236 g/mol. The Labute approximate surface area is 114 Å². The molecule has 2 bridgehead atoms. The SMILES string of the molecule is O=C(NC1C2CCN(CC2)C12CC2)c1ccccc1. The van der Waals surface area contributed by atoms with Gasteiger partial charge in [-0.3, -0.25) is 9.69 Å². The second-order valence-corrected chi connectivity index (χ2v) is 6.25. The van der Waals surface area contributed by atoms with Crippen LogP contribution in [-0.2, 0) is 0 Å². The summed E-state index contributed by atoms with van der Waals surface area (Å²) >= 11 is 0. The van der Waals surface area contributed by atoms with Crippen LogP contribution in [0.4, 0.5) is 0 Å². The molecule has 1 saturated carbocycles. The molecule has 3 heteroatoms. The second kappa shape index (κ2) is 4.07. The van der Waals surface area contributed by atoms with Gasteiger partial charge in [0.2, 0.25) is 0 Å². The molecule has 4 fully saturated rings. The number of nitrogens with one attached hydrogen (secondary N) is 1. The van der Waals surface area contributed by atoms with Gasteiger partial charge < -0.3 is 5.32 Å². The zero-order chi connectivity index (χ0) is 12.9. The van der Waals surface area contributed by atoms with Gasteiger partial charge in [-0.05, 0) is 56.8 Å². The molecule has 0 radical (unpaired) electrons. The van der Waals surface area contributed by atoms with E-state index in [2.05, 4.69) is 10.2 Å². The van der Waals surface area contributed by atoms with Gasteiger partial charge in [0, 0.05) is 11.1 Å². The first-order valence-electron chi connectivity index (χ1n) is 7.41. The topological polar surface area (TPSA) is 32.3 Å². The molecule has 1 aliphatic carbocycles. The molecule has 1 unspecified atom stereocenters. The molecule has 0 aromatic heterocycles. The van der Waals surface area contributed by atoms with Crippen molar-refractivity contribution in [1.82, 2.24) is 10.2 Å². The van der Waals surface area contributed by atoms with E-state index in [-0.39, 0.29) is 5.91 Å². The minimum atomic E-state index is 0.102. The first-order valence-corrected chi connectivity index (χ1v) is 7.41. The second-order valence-electron chi connectivity index (χ2n) is 6.25. The maximum absolute atomic E-state index is 12.4. The quantitative estimate of drug-likeness (QED) is 0.878. The third kappa shape index (κ3) is 1.71. The van der Waals surface area contributed by atoms with E-state index >= 15 is 0 Å². The number of benzene rings is 1. The van der Waals surface area contributed by atoms with Gasteiger partial charge in [-0.25, -0.2) is 0 Å². The Kier molecular flexibility index (Phi) is 2.46. The van der Waals surface area contributed by atoms with E-state index in [0.717, 1.165) is 5.56 Å². The van der Waals surface area contributed by atoms with Crippen molar-refractivity contribution in [2.75, 3.05) is 13.1 Å². The molecule has 1 amide bonds. The minimum absolute atomic E-state index is 0.102. The van der Waals surface area contributed by atoms with Gasteiger partial charge in [-0.2, -0.15) is 0 Å². The molecular formula is C16H20N2O. The van der Waals surface area contributed by atoms with Crippen LogP contribution in [0.5, 0.6) is 0 Å². The monoisotopic (exact) mass is 256 g/mol. The van der Waals surface area contributed by atoms with Gasteiger partial charge >= 0.3 is 0 Å². The molecule has 1 N–H and O–H groups in total. The van der Waals surface area contributed by atoms with Crippen molar-refractivity contribution in [3.05, 3.63) is 35.9 Å². The molecule has 1 aromatic carbocycles. The van der Waals surface area contributed by atoms with Crippen molar-refractivity contribution in [1.29, 1.82) is 0 Å². The molecule has 4 aliphatic rings. The number of carbonyl (C=O) groups is 1. The van der Waals surface area contributed by atoms with Crippen LogP contribution in [0, 0.1) is 5.92 Å². The van der Waals surface area contributed by atoms with Crippen molar-refractivity contribution in [2.24, 2.45) is 5.92 Å². The van der Waals surface area contributed by atoms with Gasteiger partial charge in [-0.1, -0.05) is 18.2 Å². The van der Waals surface area contributed by atoms with Crippen molar-refractivity contribution < 1.29 is 4.79 Å². The van der Waals surface area contributed by atoms with Crippen LogP contribution >= 0.6 is 0 Å². The van der Waals surface area contributed by atoms with Gasteiger partial charge in [0.1, 0.15) is 0 Å². The fourth-order valence-electron chi connectivity index (χ4n) is 4.14. The zero-order valence-corrected chi connectivity index (χ0v) is 11.1. The van der Waals surface area contributed by atoms with Crippen LogP contribution in [0.2, 0.25) is 0 Å². The number of hydrogen-bond acceptors (Lipinski definition) is 2. The summed E-state index contributed by atoms with van der Waals surface area (Å²) in [6.07, 6.45) is 5.04. The first kappa shape index (κ1) is 11.5. The van der Waals surface area contributed by atoms with Crippen LogP contribution in [0.15, 0.2) is 30.3 Å². The minimum Gasteiger partial charge on any atom is -0.347 e. The fraction of sp³-hybridized carbons (Fsp3) is 0.562. The zero-order valence-electron chi connectivity index (χ0n) is 11.1. The highest BCUT2D eigenvalue weighted by Gasteiger charge is 2.60. The Morgan fingerprint density at radius 1 is 1.16 bits per heavy atom. The Morgan fingerprint density at radius 2 is 1.84 bits per heavy atom. The normalized spacial score (nSPS) is 34.2. The predicted octanol–water partition coefficient (Wildman–Crippen LogP) is 2.04. The van der Waals surface area contributed by atoms with Crippen LogP contribution in [0.3, 0.4) is 0 Å². The number of piperidine rings is 3. The number of nitrogens with zero attached hydrogens (tertiary/aromatic N) is 1. The van der Waals surface area contributed by atoms with Crippen molar-refractivity contribution in [3.63, 3.8) is 0 Å². The van der Waals surface area contributed by atoms with Crippen LogP contribution in [0.1, 0.15) is 36.0 Å². The molecule has 3 nitrogen and oxygen atoms in total. The molecule has 1 atom stereocenters. The number of carbonyl (C=O) groups excluding carboxylic acids is 1. The summed E-state index contributed by atoms with van der Waals surface area (Å²) < 4.78 is 0. The van der Waals surface area contributed by atoms with Gasteiger partial charge in [0.15, 0.2) is 0 Å². The highest BCUT2D eigenvalue weighted by molar-refractivity contribution is 5.94. The van der Waals surface area contributed by atoms with Crippen LogP contribution in [0.25, 0.3) is 0 Å². The molecule has 5 rings (SSSR count). The summed E-state index contributed by atoms with van der Waals surface area (Å²) in [6.45, 7) is 2.48. The lowest BCUT2D eigenvalue weighted by Crippen LogP contribution is -2.65. The molecule has 3 heterocycles. The number of rotatable bonds is 2. The Bertz CT molecular complexity index is 487. The van der Waals surface area contributed by atoms with E-state index in [1.54, 1.807) is 0 Å². The Hall–Kier alpha value is -1.35. The maximum Gasteiger partial charge on any atom is 0.251 e. The lowest BCUT2D eigenvalue weighted by molar-refractivity contribution is -0.00144.